The van der Waals surface area contributed by atoms with Gasteiger partial charge in [-0.2, -0.15) is 0 Å². The lowest BCUT2D eigenvalue weighted by atomic mass is 10.2. The molecule has 0 aliphatic carbocycles. The third-order valence-electron chi connectivity index (χ3n) is 7.38. The van der Waals surface area contributed by atoms with Crippen LogP contribution >= 0.6 is 10.0 Å². The summed E-state index contributed by atoms with van der Waals surface area (Å²) in [5.41, 5.74) is 2.15. The van der Waals surface area contributed by atoms with Gasteiger partial charge in [-0.05, 0) is 69.3 Å². The van der Waals surface area contributed by atoms with Gasteiger partial charge in [-0.25, -0.2) is 15.0 Å². The van der Waals surface area contributed by atoms with E-state index in [1.807, 2.05) is 13.8 Å². The maximum absolute atomic E-state index is 12.3. The number of anilines is 1. The zero-order chi connectivity index (χ0) is 34.0. The number of hydrogen-bond acceptors (Lipinski definition) is 11. The van der Waals surface area contributed by atoms with Crippen LogP contribution in [0.3, 0.4) is 0 Å². The van der Waals surface area contributed by atoms with Crippen molar-refractivity contribution < 1.29 is 28.5 Å². The van der Waals surface area contributed by atoms with Gasteiger partial charge in [0.05, 0.1) is 40.3 Å². The molecule has 1 aromatic rings. The molecule has 0 saturated carbocycles. The molecule has 13 heteroatoms. The van der Waals surface area contributed by atoms with E-state index < -0.39 is 16.1 Å². The fourth-order valence-electron chi connectivity index (χ4n) is 4.51. The molecule has 1 saturated heterocycles. The van der Waals surface area contributed by atoms with Crippen LogP contribution in [0.5, 0.6) is 5.75 Å². The van der Waals surface area contributed by atoms with Gasteiger partial charge in [0, 0.05) is 50.3 Å². The van der Waals surface area contributed by atoms with Gasteiger partial charge in [-0.1, -0.05) is 12.7 Å². The Hall–Kier alpha value is -3.39. The second kappa shape index (κ2) is 20.7. The van der Waals surface area contributed by atoms with Gasteiger partial charge >= 0.3 is 0 Å². The van der Waals surface area contributed by atoms with E-state index in [0.717, 1.165) is 69.6 Å². The maximum atomic E-state index is 12.3. The van der Waals surface area contributed by atoms with Gasteiger partial charge in [0.25, 0.3) is 11.9 Å². The second-order valence-electron chi connectivity index (χ2n) is 11.2. The predicted octanol–water partition coefficient (Wildman–Crippen LogP) is 3.76. The molecule has 0 aromatic heterocycles. The van der Waals surface area contributed by atoms with Gasteiger partial charge in [-0.3, -0.25) is 15.0 Å². The van der Waals surface area contributed by atoms with Gasteiger partial charge in [-0.15, -0.1) is 0 Å². The highest BCUT2D eigenvalue weighted by molar-refractivity contribution is 8.32. The molecule has 1 amide bonds. The van der Waals surface area contributed by atoms with Crippen molar-refractivity contribution in [2.24, 2.45) is 4.99 Å². The Labute approximate surface area is 277 Å². The molecule has 0 bridgehead atoms. The Morgan fingerprint density at radius 2 is 1.98 bits per heavy atom. The highest BCUT2D eigenvalue weighted by atomic mass is 32.3. The van der Waals surface area contributed by atoms with E-state index in [1.54, 1.807) is 33.2 Å². The first-order valence-corrected chi connectivity index (χ1v) is 18.2. The van der Waals surface area contributed by atoms with Crippen LogP contribution in [0.4, 0.5) is 5.69 Å². The van der Waals surface area contributed by atoms with E-state index in [9.17, 15) is 4.79 Å². The summed E-state index contributed by atoms with van der Waals surface area (Å²) in [5.74, 6) is 2.84. The molecule has 2 aliphatic heterocycles. The molecule has 0 radical (unpaired) electrons. The van der Waals surface area contributed by atoms with Crippen molar-refractivity contribution in [2.45, 2.75) is 38.2 Å². The Balaban J connectivity index is 0.000000387. The predicted molar refractivity (Wildman–Crippen MR) is 189 cm³/mol. The minimum Gasteiger partial charge on any atom is -0.484 e. The molecule has 0 spiro atoms. The van der Waals surface area contributed by atoms with Crippen molar-refractivity contribution in [3.8, 4) is 5.75 Å². The number of benzene rings is 1. The number of nitrogens with one attached hydrogen (secondary N) is 4. The summed E-state index contributed by atoms with van der Waals surface area (Å²) in [6.45, 7) is 16.9. The van der Waals surface area contributed by atoms with E-state index >= 15 is 0 Å². The molecule has 1 fully saturated rings. The number of ether oxygens (including phenoxy) is 5. The van der Waals surface area contributed by atoms with E-state index in [0.29, 0.717) is 18.3 Å². The minimum atomic E-state index is -0.898. The van der Waals surface area contributed by atoms with Crippen LogP contribution in [-0.2, 0) is 23.7 Å². The standard InChI is InChI=1S/C22H33N3O4S.C11H23N3O2/c1-8-9-21(28-16(3)22(26)25-14-20(23-4)27-5)29-18-13-19-17(12-15(18)2)24-10-11-30(19,6)7;1-11(15-2)13-10-12-4-3-5-14-6-8-16-9-7-14/h8-9,12-14,16,23-24H,1,10-11H2,2-7H3,(H,25,26);12H,3-10H2,1-2H3/b20-14-,21-9+;13-11+. The lowest BCUT2D eigenvalue weighted by molar-refractivity contribution is -0.130. The second-order valence-corrected chi connectivity index (χ2v) is 15.1. The van der Waals surface area contributed by atoms with Gasteiger partial charge in [0.15, 0.2) is 12.0 Å². The highest BCUT2D eigenvalue weighted by Gasteiger charge is 2.25. The average molecular weight is 665 g/mol. The fraction of sp³-hybridized carbons (Fsp3) is 0.576. The first-order valence-electron chi connectivity index (χ1n) is 15.6. The molecule has 1 aromatic carbocycles. The van der Waals surface area contributed by atoms with Crippen molar-refractivity contribution >= 4 is 27.5 Å². The number of amides is 1. The summed E-state index contributed by atoms with van der Waals surface area (Å²) in [6.07, 6.45) is 9.58. The molecule has 4 N–H and O–H groups in total. The number of rotatable bonds is 15. The normalized spacial score (nSPS) is 18.0. The number of morpholine rings is 1. The Morgan fingerprint density at radius 1 is 1.24 bits per heavy atom. The van der Waals surface area contributed by atoms with E-state index in [-0.39, 0.29) is 11.9 Å². The van der Waals surface area contributed by atoms with Crippen molar-refractivity contribution in [1.29, 1.82) is 0 Å². The molecule has 1 unspecified atom stereocenters. The first-order chi connectivity index (χ1) is 22.0. The van der Waals surface area contributed by atoms with Crippen molar-refractivity contribution in [1.82, 2.24) is 20.9 Å². The fourth-order valence-corrected chi connectivity index (χ4v) is 6.49. The molecule has 46 heavy (non-hydrogen) atoms. The number of fused-ring (bicyclic) bond motifs is 1. The minimum absolute atomic E-state index is 0.205. The summed E-state index contributed by atoms with van der Waals surface area (Å²) in [6, 6.07) is 4.19. The zero-order valence-electron chi connectivity index (χ0n) is 29.0. The molecule has 12 nitrogen and oxygen atoms in total. The largest absolute Gasteiger partial charge is 0.484 e. The average Bonchev–Trinajstić information content (AvgIpc) is 3.04. The number of nitrogens with zero attached hydrogens (tertiary/aromatic N) is 2. The summed E-state index contributed by atoms with van der Waals surface area (Å²) in [7, 11) is 3.94. The summed E-state index contributed by atoms with van der Waals surface area (Å²) in [5, 5.41) is 12.2. The van der Waals surface area contributed by atoms with Gasteiger partial charge < -0.3 is 39.6 Å². The van der Waals surface area contributed by atoms with Crippen LogP contribution in [0.25, 0.3) is 0 Å². The van der Waals surface area contributed by atoms with Crippen LogP contribution in [0, 0.1) is 6.92 Å². The number of carbonyl (C=O) groups is 1. The number of methoxy groups -OCH3 is 2. The Kier molecular flexibility index (Phi) is 17.4. The quantitative estimate of drug-likeness (QED) is 0.0724. The molecular formula is C33H56N6O6S. The van der Waals surface area contributed by atoms with Crippen molar-refractivity contribution in [3.63, 3.8) is 0 Å². The summed E-state index contributed by atoms with van der Waals surface area (Å²) < 4.78 is 27.1. The van der Waals surface area contributed by atoms with Crippen LogP contribution in [-0.4, -0.2) is 115 Å². The Morgan fingerprint density at radius 3 is 2.63 bits per heavy atom. The maximum Gasteiger partial charge on any atom is 0.285 e. The van der Waals surface area contributed by atoms with Gasteiger partial charge in [0.2, 0.25) is 5.88 Å². The molecule has 2 heterocycles. The van der Waals surface area contributed by atoms with Crippen molar-refractivity contribution in [3.05, 3.63) is 54.5 Å². The highest BCUT2D eigenvalue weighted by Crippen LogP contribution is 2.55. The van der Waals surface area contributed by atoms with Crippen LogP contribution in [0.1, 0.15) is 25.8 Å². The number of hydrogen-bond donors (Lipinski definition) is 4. The topological polar surface area (TPSA) is 127 Å². The molecule has 2 aliphatic rings. The van der Waals surface area contributed by atoms with Gasteiger partial charge in [0.1, 0.15) is 5.75 Å². The molecular weight excluding hydrogens is 608 g/mol. The zero-order valence-corrected chi connectivity index (χ0v) is 29.8. The van der Waals surface area contributed by atoms with E-state index in [4.69, 9.17) is 23.7 Å². The smallest absolute Gasteiger partial charge is 0.285 e. The third kappa shape index (κ3) is 13.5. The first kappa shape index (κ1) is 38.8. The molecule has 1 atom stereocenters. The SMILES string of the molecule is C=C/C=C(/Oc1cc2c(cc1C)NCCS2(C)C)OC(C)C(=O)N/C=C(/NC)OC.CO/C(C)=N/CNCCCN1CCOCC1. The number of aliphatic imine (C=N–C) groups is 1. The molecule has 260 valence electrons. The van der Waals surface area contributed by atoms with Crippen LogP contribution in [0.2, 0.25) is 0 Å². The van der Waals surface area contributed by atoms with Crippen molar-refractivity contribution in [2.75, 3.05) is 97.5 Å². The Bertz CT molecular complexity index is 1190. The summed E-state index contributed by atoms with van der Waals surface area (Å²) in [4.78, 5) is 20.2. The van der Waals surface area contributed by atoms with E-state index in [2.05, 4.69) is 62.4 Å². The number of allylic oxidation sites excluding steroid dienone is 2. The number of aryl methyl sites for hydroxylation is 1. The molecule has 3 rings (SSSR count). The summed E-state index contributed by atoms with van der Waals surface area (Å²) >= 11 is 0. The monoisotopic (exact) mass is 664 g/mol. The van der Waals surface area contributed by atoms with Crippen LogP contribution < -0.4 is 26.0 Å². The van der Waals surface area contributed by atoms with E-state index in [1.165, 1.54) is 23.9 Å². The lowest BCUT2D eigenvalue weighted by Crippen LogP contribution is -2.37. The van der Waals surface area contributed by atoms with Crippen LogP contribution in [0.15, 0.2) is 58.8 Å². The number of carbonyl (C=O) groups excluding carboxylic acids is 1. The lowest BCUT2D eigenvalue weighted by Gasteiger charge is -2.38. The third-order valence-corrected chi connectivity index (χ3v) is 10.1.